The third kappa shape index (κ3) is 3.92. The standard InChI is InChI=1S/C14H21N3O2/c1-2-3-10-19-14(18)12-4-5-13(16-11-12)17-8-6-15-7-9-17/h4-5,11,15H,2-3,6-10H2,1H3. The van der Waals surface area contributed by atoms with Crippen LogP contribution in [0.1, 0.15) is 30.1 Å². The normalized spacial score (nSPS) is 15.3. The van der Waals surface area contributed by atoms with Gasteiger partial charge in [0.05, 0.1) is 12.2 Å². The topological polar surface area (TPSA) is 54.5 Å². The lowest BCUT2D eigenvalue weighted by Crippen LogP contribution is -2.43. The fraction of sp³-hybridized carbons (Fsp3) is 0.571. The lowest BCUT2D eigenvalue weighted by atomic mass is 10.2. The van der Waals surface area contributed by atoms with Gasteiger partial charge in [-0.15, -0.1) is 0 Å². The van der Waals surface area contributed by atoms with Gasteiger partial charge in [-0.25, -0.2) is 9.78 Å². The minimum atomic E-state index is -0.284. The minimum absolute atomic E-state index is 0.284. The maximum atomic E-state index is 11.7. The first kappa shape index (κ1) is 13.8. The van der Waals surface area contributed by atoms with E-state index in [9.17, 15) is 4.79 Å². The fourth-order valence-corrected chi connectivity index (χ4v) is 1.98. The highest BCUT2D eigenvalue weighted by Crippen LogP contribution is 2.12. The van der Waals surface area contributed by atoms with Gasteiger partial charge in [0.1, 0.15) is 5.82 Å². The molecule has 19 heavy (non-hydrogen) atoms. The van der Waals surface area contributed by atoms with Crippen LogP contribution in [0.3, 0.4) is 0 Å². The smallest absolute Gasteiger partial charge is 0.339 e. The Labute approximate surface area is 114 Å². The van der Waals surface area contributed by atoms with Gasteiger partial charge in [0.25, 0.3) is 0 Å². The molecule has 1 aromatic heterocycles. The second-order valence-electron chi connectivity index (χ2n) is 4.63. The predicted molar refractivity (Wildman–Crippen MR) is 74.5 cm³/mol. The van der Waals surface area contributed by atoms with Gasteiger partial charge in [-0.3, -0.25) is 0 Å². The molecule has 0 unspecified atom stereocenters. The van der Waals surface area contributed by atoms with E-state index in [1.54, 1.807) is 12.3 Å². The Hall–Kier alpha value is -1.62. The molecule has 5 nitrogen and oxygen atoms in total. The lowest BCUT2D eigenvalue weighted by molar-refractivity contribution is 0.0499. The number of esters is 1. The number of aromatic nitrogens is 1. The molecule has 1 saturated heterocycles. The third-order valence-electron chi connectivity index (χ3n) is 3.16. The number of ether oxygens (including phenoxy) is 1. The van der Waals surface area contributed by atoms with Crippen molar-refractivity contribution in [1.29, 1.82) is 0 Å². The molecule has 0 aromatic carbocycles. The molecule has 1 fully saturated rings. The first-order chi connectivity index (χ1) is 9.31. The number of rotatable bonds is 5. The number of nitrogens with one attached hydrogen (secondary N) is 1. The summed E-state index contributed by atoms with van der Waals surface area (Å²) in [4.78, 5) is 18.3. The summed E-state index contributed by atoms with van der Waals surface area (Å²) in [6.45, 7) is 6.40. The highest BCUT2D eigenvalue weighted by atomic mass is 16.5. The highest BCUT2D eigenvalue weighted by molar-refractivity contribution is 5.89. The molecule has 2 rings (SSSR count). The second kappa shape index (κ2) is 7.09. The van der Waals surface area contributed by atoms with Crippen molar-refractivity contribution in [1.82, 2.24) is 10.3 Å². The number of hydrogen-bond donors (Lipinski definition) is 1. The zero-order chi connectivity index (χ0) is 13.5. The van der Waals surface area contributed by atoms with Gasteiger partial charge < -0.3 is 15.0 Å². The van der Waals surface area contributed by atoms with Crippen LogP contribution in [0.4, 0.5) is 5.82 Å². The largest absolute Gasteiger partial charge is 0.462 e. The minimum Gasteiger partial charge on any atom is -0.462 e. The maximum Gasteiger partial charge on any atom is 0.339 e. The van der Waals surface area contributed by atoms with Gasteiger partial charge in [-0.1, -0.05) is 13.3 Å². The second-order valence-corrected chi connectivity index (χ2v) is 4.63. The average Bonchev–Trinajstić information content (AvgIpc) is 2.48. The van der Waals surface area contributed by atoms with E-state index in [2.05, 4.69) is 22.1 Å². The van der Waals surface area contributed by atoms with E-state index in [1.165, 1.54) is 0 Å². The zero-order valence-electron chi connectivity index (χ0n) is 11.4. The summed E-state index contributed by atoms with van der Waals surface area (Å²) in [7, 11) is 0. The maximum absolute atomic E-state index is 11.7. The van der Waals surface area contributed by atoms with Crippen LogP contribution in [0.5, 0.6) is 0 Å². The van der Waals surface area contributed by atoms with Crippen molar-refractivity contribution in [2.45, 2.75) is 19.8 Å². The van der Waals surface area contributed by atoms with Crippen LogP contribution in [-0.4, -0.2) is 43.7 Å². The van der Waals surface area contributed by atoms with Gasteiger partial charge in [0.15, 0.2) is 0 Å². The van der Waals surface area contributed by atoms with Crippen LogP contribution in [-0.2, 0) is 4.74 Å². The SMILES string of the molecule is CCCCOC(=O)c1ccc(N2CCNCC2)nc1. The quantitative estimate of drug-likeness (QED) is 0.643. The predicted octanol–water partition coefficient (Wildman–Crippen LogP) is 1.45. The third-order valence-corrected chi connectivity index (χ3v) is 3.16. The van der Waals surface area contributed by atoms with E-state index >= 15 is 0 Å². The summed E-state index contributed by atoms with van der Waals surface area (Å²) in [6, 6.07) is 3.68. The number of piperazine rings is 1. The Bertz CT molecular complexity index is 400. The molecule has 104 valence electrons. The molecule has 0 atom stereocenters. The molecule has 1 aliphatic rings. The number of pyridine rings is 1. The number of carbonyl (C=O) groups excluding carboxylic acids is 1. The van der Waals surface area contributed by atoms with Crippen molar-refractivity contribution in [3.63, 3.8) is 0 Å². The van der Waals surface area contributed by atoms with E-state index in [1.807, 2.05) is 6.07 Å². The average molecular weight is 263 g/mol. The van der Waals surface area contributed by atoms with E-state index in [4.69, 9.17) is 4.74 Å². The fourth-order valence-electron chi connectivity index (χ4n) is 1.98. The molecule has 1 aliphatic heterocycles. The Balaban J connectivity index is 1.91. The van der Waals surface area contributed by atoms with Crippen molar-refractivity contribution in [2.75, 3.05) is 37.7 Å². The van der Waals surface area contributed by atoms with Gasteiger partial charge in [-0.05, 0) is 18.6 Å². The Morgan fingerprint density at radius 2 is 2.21 bits per heavy atom. The number of carbonyl (C=O) groups is 1. The molecule has 5 heteroatoms. The van der Waals surface area contributed by atoms with E-state index in [0.717, 1.165) is 44.8 Å². The summed E-state index contributed by atoms with van der Waals surface area (Å²) < 4.78 is 5.15. The monoisotopic (exact) mass is 263 g/mol. The number of nitrogens with zero attached hydrogens (tertiary/aromatic N) is 2. The van der Waals surface area contributed by atoms with Crippen molar-refractivity contribution in [3.8, 4) is 0 Å². The Morgan fingerprint density at radius 1 is 1.42 bits per heavy atom. The summed E-state index contributed by atoms with van der Waals surface area (Å²) in [5.74, 6) is 0.638. The van der Waals surface area contributed by atoms with Crippen molar-refractivity contribution >= 4 is 11.8 Å². The molecule has 0 bridgehead atoms. The van der Waals surface area contributed by atoms with Crippen LogP contribution in [0.25, 0.3) is 0 Å². The van der Waals surface area contributed by atoms with E-state index < -0.39 is 0 Å². The van der Waals surface area contributed by atoms with Gasteiger partial charge in [0, 0.05) is 32.4 Å². The Morgan fingerprint density at radius 3 is 2.84 bits per heavy atom. The van der Waals surface area contributed by atoms with Crippen molar-refractivity contribution in [3.05, 3.63) is 23.9 Å². The van der Waals surface area contributed by atoms with Gasteiger partial charge in [0.2, 0.25) is 0 Å². The molecule has 0 amide bonds. The van der Waals surface area contributed by atoms with Crippen LogP contribution in [0.2, 0.25) is 0 Å². The van der Waals surface area contributed by atoms with Crippen LogP contribution in [0, 0.1) is 0 Å². The molecule has 0 aliphatic carbocycles. The van der Waals surface area contributed by atoms with Gasteiger partial charge in [-0.2, -0.15) is 0 Å². The van der Waals surface area contributed by atoms with Crippen LogP contribution < -0.4 is 10.2 Å². The molecular formula is C14H21N3O2. The highest BCUT2D eigenvalue weighted by Gasteiger charge is 2.13. The zero-order valence-corrected chi connectivity index (χ0v) is 11.4. The Kier molecular flexibility index (Phi) is 5.15. The summed E-state index contributed by atoms with van der Waals surface area (Å²) in [5.41, 5.74) is 0.523. The lowest BCUT2D eigenvalue weighted by Gasteiger charge is -2.28. The molecular weight excluding hydrogens is 242 g/mol. The number of unbranched alkanes of at least 4 members (excludes halogenated alkanes) is 1. The summed E-state index contributed by atoms with van der Waals surface area (Å²) in [6.07, 6.45) is 3.52. The molecule has 1 aromatic rings. The number of hydrogen-bond acceptors (Lipinski definition) is 5. The summed E-state index contributed by atoms with van der Waals surface area (Å²) in [5, 5.41) is 3.30. The first-order valence-electron chi connectivity index (χ1n) is 6.90. The van der Waals surface area contributed by atoms with Gasteiger partial charge >= 0.3 is 5.97 Å². The molecule has 1 N–H and O–H groups in total. The molecule has 0 spiro atoms. The van der Waals surface area contributed by atoms with Crippen LogP contribution >= 0.6 is 0 Å². The molecule has 0 saturated carbocycles. The van der Waals surface area contributed by atoms with Crippen LogP contribution in [0.15, 0.2) is 18.3 Å². The van der Waals surface area contributed by atoms with E-state index in [0.29, 0.717) is 12.2 Å². The van der Waals surface area contributed by atoms with E-state index in [-0.39, 0.29) is 5.97 Å². The summed E-state index contributed by atoms with van der Waals surface area (Å²) >= 11 is 0. The van der Waals surface area contributed by atoms with Crippen molar-refractivity contribution < 1.29 is 9.53 Å². The van der Waals surface area contributed by atoms with Crippen molar-refractivity contribution in [2.24, 2.45) is 0 Å². The first-order valence-corrected chi connectivity index (χ1v) is 6.90. The molecule has 0 radical (unpaired) electrons. The molecule has 2 heterocycles. The number of anilines is 1.